The number of rotatable bonds is 4. The van der Waals surface area contributed by atoms with Crippen LogP contribution in [0.3, 0.4) is 0 Å². The maximum absolute atomic E-state index is 10.8. The smallest absolute Gasteiger partial charge is 0.335 e. The van der Waals surface area contributed by atoms with Crippen LogP contribution < -0.4 is 4.74 Å². The van der Waals surface area contributed by atoms with Crippen LogP contribution in [0.4, 0.5) is 0 Å². The Hall–Kier alpha value is -1.59. The Morgan fingerprint density at radius 2 is 2.16 bits per heavy atom. The molecule has 0 bridgehead atoms. The summed E-state index contributed by atoms with van der Waals surface area (Å²) in [4.78, 5) is 14.9. The van der Waals surface area contributed by atoms with E-state index in [1.807, 2.05) is 12.1 Å². The van der Waals surface area contributed by atoms with E-state index >= 15 is 0 Å². The Morgan fingerprint density at radius 3 is 2.74 bits per heavy atom. The minimum Gasteiger partial charge on any atom is -0.486 e. The molecular formula is C13H9BrClNO3. The molecule has 4 nitrogen and oxygen atoms in total. The van der Waals surface area contributed by atoms with Gasteiger partial charge in [-0.05, 0) is 46.3 Å². The fourth-order valence-corrected chi connectivity index (χ4v) is 1.86. The number of aromatic carboxylic acids is 1. The third kappa shape index (κ3) is 3.68. The molecule has 0 aliphatic rings. The molecule has 1 N–H and O–H groups in total. The first kappa shape index (κ1) is 13.8. The van der Waals surface area contributed by atoms with Crippen LogP contribution in [0, 0.1) is 0 Å². The average Bonchev–Trinajstić information content (AvgIpc) is 2.39. The van der Waals surface area contributed by atoms with E-state index < -0.39 is 5.97 Å². The van der Waals surface area contributed by atoms with Gasteiger partial charge in [0, 0.05) is 10.7 Å². The van der Waals surface area contributed by atoms with Crippen molar-refractivity contribution in [3.8, 4) is 5.75 Å². The van der Waals surface area contributed by atoms with E-state index in [1.165, 1.54) is 18.2 Å². The molecule has 0 aliphatic carbocycles. The highest BCUT2D eigenvalue weighted by atomic mass is 79.9. The zero-order valence-corrected chi connectivity index (χ0v) is 12.0. The van der Waals surface area contributed by atoms with Crippen molar-refractivity contribution in [3.05, 3.63) is 57.3 Å². The van der Waals surface area contributed by atoms with Gasteiger partial charge >= 0.3 is 5.97 Å². The highest BCUT2D eigenvalue weighted by Crippen LogP contribution is 2.26. The predicted octanol–water partition coefficient (Wildman–Crippen LogP) is 3.77. The summed E-state index contributed by atoms with van der Waals surface area (Å²) in [5, 5.41) is 9.08. The van der Waals surface area contributed by atoms with Crippen molar-refractivity contribution in [2.24, 2.45) is 0 Å². The second kappa shape index (κ2) is 6.04. The summed E-state index contributed by atoms with van der Waals surface area (Å²) in [7, 11) is 0. The number of carboxylic acids is 1. The van der Waals surface area contributed by atoms with Crippen LogP contribution in [0.2, 0.25) is 5.02 Å². The van der Waals surface area contributed by atoms with Gasteiger partial charge in [-0.1, -0.05) is 11.6 Å². The van der Waals surface area contributed by atoms with E-state index in [9.17, 15) is 4.79 Å². The second-order valence-electron chi connectivity index (χ2n) is 3.71. The van der Waals surface area contributed by atoms with Gasteiger partial charge in [0.2, 0.25) is 0 Å². The van der Waals surface area contributed by atoms with Crippen molar-refractivity contribution in [2.45, 2.75) is 6.61 Å². The molecule has 0 fully saturated rings. The lowest BCUT2D eigenvalue weighted by molar-refractivity contribution is 0.0697. The quantitative estimate of drug-likeness (QED) is 0.918. The van der Waals surface area contributed by atoms with Crippen LogP contribution in [0.1, 0.15) is 16.1 Å². The highest BCUT2D eigenvalue weighted by molar-refractivity contribution is 9.10. The Balaban J connectivity index is 2.07. The van der Waals surface area contributed by atoms with Crippen LogP contribution in [-0.2, 0) is 6.61 Å². The maximum Gasteiger partial charge on any atom is 0.335 e. The topological polar surface area (TPSA) is 59.4 Å². The Labute approximate surface area is 123 Å². The SMILES string of the molecule is O=C(O)c1ccc(OCc2ccc(Br)cn2)c(Cl)c1. The first-order valence-corrected chi connectivity index (χ1v) is 6.49. The molecule has 0 aliphatic heterocycles. The molecule has 0 saturated heterocycles. The number of carbonyl (C=O) groups is 1. The molecule has 1 aromatic carbocycles. The van der Waals surface area contributed by atoms with E-state index in [1.54, 1.807) is 6.20 Å². The molecule has 0 atom stereocenters. The average molecular weight is 343 g/mol. The minimum atomic E-state index is -1.02. The van der Waals surface area contributed by atoms with E-state index in [0.29, 0.717) is 5.75 Å². The molecular weight excluding hydrogens is 334 g/mol. The van der Waals surface area contributed by atoms with E-state index in [2.05, 4.69) is 20.9 Å². The summed E-state index contributed by atoms with van der Waals surface area (Å²) in [5.74, 6) is -0.598. The molecule has 0 unspecified atom stereocenters. The largest absolute Gasteiger partial charge is 0.486 e. The Kier molecular flexibility index (Phi) is 4.39. The lowest BCUT2D eigenvalue weighted by atomic mass is 10.2. The molecule has 2 aromatic rings. The molecule has 98 valence electrons. The number of aromatic nitrogens is 1. The van der Waals surface area contributed by atoms with E-state index in [-0.39, 0.29) is 17.2 Å². The van der Waals surface area contributed by atoms with E-state index in [0.717, 1.165) is 10.2 Å². The monoisotopic (exact) mass is 341 g/mol. The molecule has 0 spiro atoms. The number of pyridine rings is 1. The first-order chi connectivity index (χ1) is 9.06. The fraction of sp³-hybridized carbons (Fsp3) is 0.0769. The lowest BCUT2D eigenvalue weighted by Crippen LogP contribution is -2.00. The molecule has 6 heteroatoms. The zero-order chi connectivity index (χ0) is 13.8. The number of ether oxygens (including phenoxy) is 1. The summed E-state index contributed by atoms with van der Waals surface area (Å²) in [6.07, 6.45) is 1.67. The molecule has 1 aromatic heterocycles. The van der Waals surface area contributed by atoms with Gasteiger partial charge < -0.3 is 9.84 Å². The standard InChI is InChI=1S/C13H9BrClNO3/c14-9-2-3-10(16-6-9)7-19-12-4-1-8(13(17)18)5-11(12)15/h1-6H,7H2,(H,17,18). The number of carboxylic acid groups (broad SMARTS) is 1. The van der Waals surface area contributed by atoms with Crippen LogP contribution in [0.15, 0.2) is 41.0 Å². The van der Waals surface area contributed by atoms with Gasteiger partial charge in [-0.15, -0.1) is 0 Å². The maximum atomic E-state index is 10.8. The summed E-state index contributed by atoms with van der Waals surface area (Å²) >= 11 is 9.24. The van der Waals surface area contributed by atoms with Crippen LogP contribution >= 0.6 is 27.5 Å². The van der Waals surface area contributed by atoms with Crippen molar-refractivity contribution in [1.29, 1.82) is 0 Å². The lowest BCUT2D eigenvalue weighted by Gasteiger charge is -2.08. The van der Waals surface area contributed by atoms with Crippen molar-refractivity contribution in [1.82, 2.24) is 4.98 Å². The predicted molar refractivity (Wildman–Crippen MR) is 74.7 cm³/mol. The normalized spacial score (nSPS) is 10.2. The molecule has 19 heavy (non-hydrogen) atoms. The van der Waals surface area contributed by atoms with Crippen LogP contribution in [0.25, 0.3) is 0 Å². The summed E-state index contributed by atoms with van der Waals surface area (Å²) in [5.41, 5.74) is 0.876. The number of benzene rings is 1. The van der Waals surface area contributed by atoms with Gasteiger partial charge in [0.1, 0.15) is 12.4 Å². The van der Waals surface area contributed by atoms with Crippen LogP contribution in [-0.4, -0.2) is 16.1 Å². The van der Waals surface area contributed by atoms with Crippen molar-refractivity contribution < 1.29 is 14.6 Å². The van der Waals surface area contributed by atoms with Gasteiger partial charge in [-0.25, -0.2) is 4.79 Å². The van der Waals surface area contributed by atoms with Gasteiger partial charge in [-0.2, -0.15) is 0 Å². The van der Waals surface area contributed by atoms with Gasteiger partial charge in [-0.3, -0.25) is 4.98 Å². The number of nitrogens with zero attached hydrogens (tertiary/aromatic N) is 1. The molecule has 0 radical (unpaired) electrons. The summed E-state index contributed by atoms with van der Waals surface area (Å²) in [6.45, 7) is 0.263. The van der Waals surface area contributed by atoms with Crippen molar-refractivity contribution >= 4 is 33.5 Å². The Bertz CT molecular complexity index is 601. The second-order valence-corrected chi connectivity index (χ2v) is 5.03. The van der Waals surface area contributed by atoms with Gasteiger partial charge in [0.05, 0.1) is 16.3 Å². The summed E-state index contributed by atoms with van der Waals surface area (Å²) < 4.78 is 6.38. The molecule has 0 saturated carbocycles. The number of hydrogen-bond acceptors (Lipinski definition) is 3. The van der Waals surface area contributed by atoms with E-state index in [4.69, 9.17) is 21.4 Å². The molecule has 1 heterocycles. The summed E-state index contributed by atoms with van der Waals surface area (Å²) in [6, 6.07) is 8.02. The molecule has 0 amide bonds. The van der Waals surface area contributed by atoms with Crippen molar-refractivity contribution in [2.75, 3.05) is 0 Å². The molecule has 2 rings (SSSR count). The first-order valence-electron chi connectivity index (χ1n) is 5.32. The minimum absolute atomic E-state index is 0.124. The van der Waals surface area contributed by atoms with Gasteiger partial charge in [0.15, 0.2) is 0 Å². The highest BCUT2D eigenvalue weighted by Gasteiger charge is 2.08. The fourth-order valence-electron chi connectivity index (χ4n) is 1.39. The third-order valence-electron chi connectivity index (χ3n) is 2.34. The number of hydrogen-bond donors (Lipinski definition) is 1. The number of halogens is 2. The third-order valence-corrected chi connectivity index (χ3v) is 3.11. The van der Waals surface area contributed by atoms with Crippen LogP contribution in [0.5, 0.6) is 5.75 Å². The van der Waals surface area contributed by atoms with Crippen molar-refractivity contribution in [3.63, 3.8) is 0 Å². The zero-order valence-electron chi connectivity index (χ0n) is 9.64. The van der Waals surface area contributed by atoms with Gasteiger partial charge in [0.25, 0.3) is 0 Å². The Morgan fingerprint density at radius 1 is 1.37 bits per heavy atom.